The molecule has 9 nitrogen and oxygen atoms in total. The van der Waals surface area contributed by atoms with Crippen LogP contribution < -0.4 is 20.7 Å². The first-order valence-corrected chi connectivity index (χ1v) is 13.5. The number of fused-ring (bicyclic) bond motifs is 1. The Bertz CT molecular complexity index is 1580. The summed E-state index contributed by atoms with van der Waals surface area (Å²) in [5.74, 6) is 0.614. The molecule has 2 fully saturated rings. The van der Waals surface area contributed by atoms with Crippen LogP contribution in [0.15, 0.2) is 65.8 Å². The fraction of sp³-hybridized carbons (Fsp3) is 0.333. The lowest BCUT2D eigenvalue weighted by atomic mass is 10.1. The minimum absolute atomic E-state index is 0.132. The maximum Gasteiger partial charge on any atom is 0.265 e. The summed E-state index contributed by atoms with van der Waals surface area (Å²) in [7, 11) is 2.13. The second-order valence-corrected chi connectivity index (χ2v) is 10.5. The molecule has 9 heteroatoms. The van der Waals surface area contributed by atoms with Gasteiger partial charge in [0.25, 0.3) is 11.5 Å². The number of carbonyl (C=O) groups excluding carboxylic acids is 1. The molecule has 4 aromatic rings. The molecule has 0 aliphatic carbocycles. The van der Waals surface area contributed by atoms with Gasteiger partial charge < -0.3 is 20.0 Å². The zero-order valence-electron chi connectivity index (χ0n) is 22.4. The summed E-state index contributed by atoms with van der Waals surface area (Å²) in [6.07, 6.45) is 5.54. The monoisotopic (exact) mass is 523 g/mol. The number of hydrogen-bond acceptors (Lipinski definition) is 7. The number of likely N-dealkylation sites (N-methyl/N-ethyl adjacent to an activating group) is 1. The van der Waals surface area contributed by atoms with Crippen LogP contribution in [-0.2, 0) is 0 Å². The third-order valence-corrected chi connectivity index (χ3v) is 7.77. The molecular formula is C30H33N7O2. The fourth-order valence-electron chi connectivity index (χ4n) is 5.37. The summed E-state index contributed by atoms with van der Waals surface area (Å²) in [6.45, 7) is 7.71. The Morgan fingerprint density at radius 3 is 2.46 bits per heavy atom. The lowest BCUT2D eigenvalue weighted by Crippen LogP contribution is -2.44. The lowest BCUT2D eigenvalue weighted by molar-refractivity contribution is 0.102. The average Bonchev–Trinajstić information content (AvgIpc) is 3.50. The normalized spacial score (nSPS) is 16.2. The largest absolute Gasteiger partial charge is 0.369 e. The molecule has 1 amide bonds. The fourth-order valence-corrected chi connectivity index (χ4v) is 5.37. The van der Waals surface area contributed by atoms with Crippen molar-refractivity contribution in [3.8, 4) is 5.69 Å². The van der Waals surface area contributed by atoms with E-state index in [0.717, 1.165) is 69.2 Å². The third kappa shape index (κ3) is 5.09. The van der Waals surface area contributed by atoms with Crippen molar-refractivity contribution < 1.29 is 4.79 Å². The zero-order chi connectivity index (χ0) is 26.9. The topological polar surface area (TPSA) is 86.6 Å². The maximum atomic E-state index is 13.7. The van der Waals surface area contributed by atoms with E-state index in [9.17, 15) is 9.59 Å². The Hall–Kier alpha value is -4.24. The number of amides is 1. The van der Waals surface area contributed by atoms with Crippen molar-refractivity contribution in [3.05, 3.63) is 82.5 Å². The molecule has 0 saturated carbocycles. The van der Waals surface area contributed by atoms with E-state index in [1.54, 1.807) is 23.2 Å². The van der Waals surface area contributed by atoms with Crippen molar-refractivity contribution in [1.82, 2.24) is 19.4 Å². The molecule has 0 radical (unpaired) electrons. The van der Waals surface area contributed by atoms with Gasteiger partial charge in [-0.15, -0.1) is 0 Å². The van der Waals surface area contributed by atoms with Crippen LogP contribution in [0.2, 0.25) is 0 Å². The highest BCUT2D eigenvalue weighted by Crippen LogP contribution is 2.24. The Kier molecular flexibility index (Phi) is 6.74. The van der Waals surface area contributed by atoms with Crippen LogP contribution in [0.3, 0.4) is 0 Å². The number of nitrogens with zero attached hydrogens (tertiary/aromatic N) is 6. The van der Waals surface area contributed by atoms with Crippen LogP contribution in [-0.4, -0.2) is 71.7 Å². The summed E-state index contributed by atoms with van der Waals surface area (Å²) in [4.78, 5) is 42.7. The number of aromatic nitrogens is 3. The highest BCUT2D eigenvalue weighted by molar-refractivity contribution is 6.04. The molecule has 6 rings (SSSR count). The van der Waals surface area contributed by atoms with E-state index in [4.69, 9.17) is 0 Å². The van der Waals surface area contributed by atoms with E-state index in [1.165, 1.54) is 0 Å². The Labute approximate surface area is 227 Å². The minimum Gasteiger partial charge on any atom is -0.369 e. The Morgan fingerprint density at radius 1 is 0.872 bits per heavy atom. The highest BCUT2D eigenvalue weighted by atomic mass is 16.1. The zero-order valence-corrected chi connectivity index (χ0v) is 22.4. The van der Waals surface area contributed by atoms with Gasteiger partial charge in [-0.2, -0.15) is 0 Å². The number of anilines is 3. The van der Waals surface area contributed by atoms with E-state index in [1.807, 2.05) is 49.4 Å². The first kappa shape index (κ1) is 25.1. The van der Waals surface area contributed by atoms with E-state index in [0.29, 0.717) is 27.8 Å². The maximum absolute atomic E-state index is 13.7. The van der Waals surface area contributed by atoms with Crippen molar-refractivity contribution in [3.63, 3.8) is 0 Å². The number of carbonyl (C=O) groups is 1. The van der Waals surface area contributed by atoms with Crippen molar-refractivity contribution in [2.45, 2.75) is 19.8 Å². The van der Waals surface area contributed by atoms with Gasteiger partial charge in [0.2, 0.25) is 0 Å². The van der Waals surface area contributed by atoms with Crippen molar-refractivity contribution in [1.29, 1.82) is 0 Å². The van der Waals surface area contributed by atoms with E-state index in [-0.39, 0.29) is 11.5 Å². The van der Waals surface area contributed by atoms with E-state index < -0.39 is 0 Å². The molecule has 2 saturated heterocycles. The van der Waals surface area contributed by atoms with Crippen molar-refractivity contribution in [2.75, 3.05) is 61.4 Å². The molecular weight excluding hydrogens is 490 g/mol. The number of piperazine rings is 1. The average molecular weight is 524 g/mol. The second-order valence-electron chi connectivity index (χ2n) is 10.5. The second kappa shape index (κ2) is 10.5. The first-order valence-electron chi connectivity index (χ1n) is 13.5. The van der Waals surface area contributed by atoms with Crippen LogP contribution in [0.4, 0.5) is 17.2 Å². The van der Waals surface area contributed by atoms with Crippen LogP contribution in [0.5, 0.6) is 0 Å². The molecule has 39 heavy (non-hydrogen) atoms. The van der Waals surface area contributed by atoms with Crippen LogP contribution in [0, 0.1) is 6.92 Å². The van der Waals surface area contributed by atoms with E-state index in [2.05, 4.69) is 37.0 Å². The van der Waals surface area contributed by atoms with Crippen LogP contribution in [0.1, 0.15) is 28.8 Å². The summed E-state index contributed by atoms with van der Waals surface area (Å²) < 4.78 is 1.57. The van der Waals surface area contributed by atoms with Gasteiger partial charge in [-0.05, 0) is 74.8 Å². The molecule has 2 aromatic carbocycles. The summed E-state index contributed by atoms with van der Waals surface area (Å²) in [5.41, 5.74) is 4.33. The number of rotatable bonds is 5. The third-order valence-electron chi connectivity index (χ3n) is 7.77. The van der Waals surface area contributed by atoms with Crippen LogP contribution >= 0.6 is 0 Å². The quantitative estimate of drug-likeness (QED) is 0.427. The molecule has 2 aliphatic heterocycles. The predicted molar refractivity (Wildman–Crippen MR) is 155 cm³/mol. The van der Waals surface area contributed by atoms with Gasteiger partial charge in [0.05, 0.1) is 16.6 Å². The SMILES string of the molecule is Cc1ccc(NC(=O)c2ccnc(N3CCCC3)c2)cc1-n1cnc2ccc(N3CCN(C)CC3)cc2c1=O. The number of benzene rings is 2. The lowest BCUT2D eigenvalue weighted by Gasteiger charge is -2.34. The minimum atomic E-state index is -0.214. The van der Waals surface area contributed by atoms with Gasteiger partial charge >= 0.3 is 0 Å². The molecule has 0 spiro atoms. The summed E-state index contributed by atoms with van der Waals surface area (Å²) in [6, 6.07) is 15.1. The molecule has 0 unspecified atom stereocenters. The number of nitrogens with one attached hydrogen (secondary N) is 1. The number of pyridine rings is 1. The molecule has 0 atom stereocenters. The highest BCUT2D eigenvalue weighted by Gasteiger charge is 2.18. The molecule has 0 bridgehead atoms. The van der Waals surface area contributed by atoms with Crippen molar-refractivity contribution >= 4 is 34.0 Å². The molecule has 2 aromatic heterocycles. The molecule has 1 N–H and O–H groups in total. The van der Waals surface area contributed by atoms with Gasteiger partial charge in [0, 0.05) is 62.4 Å². The van der Waals surface area contributed by atoms with Crippen LogP contribution in [0.25, 0.3) is 16.6 Å². The van der Waals surface area contributed by atoms with Crippen molar-refractivity contribution in [2.24, 2.45) is 0 Å². The summed E-state index contributed by atoms with van der Waals surface area (Å²) in [5, 5.41) is 3.57. The first-order chi connectivity index (χ1) is 19.0. The van der Waals surface area contributed by atoms with Gasteiger partial charge in [0.1, 0.15) is 12.1 Å². The Morgan fingerprint density at radius 2 is 1.67 bits per heavy atom. The predicted octanol–water partition coefficient (Wildman–Crippen LogP) is 3.69. The smallest absolute Gasteiger partial charge is 0.265 e. The number of hydrogen-bond donors (Lipinski definition) is 1. The number of aryl methyl sites for hydroxylation is 1. The summed E-state index contributed by atoms with van der Waals surface area (Å²) >= 11 is 0. The van der Waals surface area contributed by atoms with Gasteiger partial charge in [-0.25, -0.2) is 9.97 Å². The Balaban J connectivity index is 1.28. The van der Waals surface area contributed by atoms with Gasteiger partial charge in [-0.3, -0.25) is 14.2 Å². The van der Waals surface area contributed by atoms with Gasteiger partial charge in [-0.1, -0.05) is 6.07 Å². The molecule has 4 heterocycles. The molecule has 2 aliphatic rings. The standard InChI is InChI=1S/C30H33N7O2/c1-21-5-6-23(33-29(38)22-9-10-31-28(17-22)36-11-3-4-12-36)18-27(21)37-20-32-26-8-7-24(19-25(26)30(37)39)35-15-13-34(2)14-16-35/h5-10,17-20H,3-4,11-16H2,1-2H3,(H,33,38). The van der Waals surface area contributed by atoms with E-state index >= 15 is 0 Å². The molecule has 200 valence electrons. The van der Waals surface area contributed by atoms with Gasteiger partial charge in [0.15, 0.2) is 0 Å².